The number of alkyl halides is 1. The van der Waals surface area contributed by atoms with Crippen molar-refractivity contribution in [2.75, 3.05) is 11.9 Å². The van der Waals surface area contributed by atoms with E-state index in [1.807, 2.05) is 12.1 Å². The van der Waals surface area contributed by atoms with E-state index in [1.54, 1.807) is 16.6 Å². The van der Waals surface area contributed by atoms with Gasteiger partial charge in [0.05, 0.1) is 52.1 Å². The molecule has 2 fully saturated rings. The Morgan fingerprint density at radius 2 is 1.90 bits per heavy atom. The van der Waals surface area contributed by atoms with Crippen LogP contribution in [0.15, 0.2) is 36.7 Å². The number of aromatic nitrogens is 3. The van der Waals surface area contributed by atoms with Crippen molar-refractivity contribution in [3.8, 4) is 17.5 Å². The molecule has 0 spiro atoms. The van der Waals surface area contributed by atoms with Crippen molar-refractivity contribution in [1.82, 2.24) is 25.2 Å². The van der Waals surface area contributed by atoms with Crippen LogP contribution in [0.4, 0.5) is 14.9 Å². The molecule has 5 rings (SSSR count). The van der Waals surface area contributed by atoms with Crippen LogP contribution in [0.25, 0.3) is 16.9 Å². The summed E-state index contributed by atoms with van der Waals surface area (Å²) in [5.74, 6) is -0.519. The second-order valence-electron chi connectivity index (χ2n) is 11.7. The Hall–Kier alpha value is -4.24. The zero-order valence-corrected chi connectivity index (χ0v) is 23.8. The standard InChI is InChI=1S/C30H36FN7O4/c1-30(2,41)27(31)17-34-28(39)23-16-33-25(26-11-10-21-12-18(14-32)15-35-38(21)26)13-24(23)36-19-6-8-20(9-7-19)37-29(40)42-22-4-3-5-22/h10-13,15-16,19-20,22,27,41H,3-9,17H2,1-2H3,(H,33,36)(H,34,39)(H,37,40)/t19?,20?,27-/m1/s1. The number of nitriles is 1. The maximum absolute atomic E-state index is 14.4. The minimum atomic E-state index is -1.65. The van der Waals surface area contributed by atoms with Gasteiger partial charge in [0, 0.05) is 18.3 Å². The zero-order valence-electron chi connectivity index (χ0n) is 23.8. The number of amides is 2. The molecule has 2 saturated carbocycles. The molecule has 0 radical (unpaired) electrons. The van der Waals surface area contributed by atoms with Crippen molar-refractivity contribution < 1.29 is 23.8 Å². The van der Waals surface area contributed by atoms with Crippen LogP contribution in [0.5, 0.6) is 0 Å². The highest BCUT2D eigenvalue weighted by Gasteiger charge is 2.29. The molecule has 3 aromatic rings. The number of alkyl carbamates (subject to hydrolysis) is 1. The van der Waals surface area contributed by atoms with Crippen LogP contribution in [0.1, 0.15) is 74.7 Å². The fraction of sp³-hybridized carbons (Fsp3) is 0.500. The van der Waals surface area contributed by atoms with Crippen LogP contribution in [-0.2, 0) is 4.74 Å². The molecule has 4 N–H and O–H groups in total. The largest absolute Gasteiger partial charge is 0.446 e. The third kappa shape index (κ3) is 6.79. The molecule has 222 valence electrons. The molecule has 12 heteroatoms. The van der Waals surface area contributed by atoms with Crippen molar-refractivity contribution in [2.24, 2.45) is 0 Å². The second-order valence-corrected chi connectivity index (χ2v) is 11.7. The van der Waals surface area contributed by atoms with Crippen molar-refractivity contribution in [3.63, 3.8) is 0 Å². The Bertz CT molecular complexity index is 1480. The number of halogens is 1. The summed E-state index contributed by atoms with van der Waals surface area (Å²) in [4.78, 5) is 29.9. The molecule has 0 unspecified atom stereocenters. The number of fused-ring (bicyclic) bond motifs is 1. The molecule has 0 aromatic carbocycles. The van der Waals surface area contributed by atoms with Crippen molar-refractivity contribution in [2.45, 2.75) is 88.8 Å². The van der Waals surface area contributed by atoms with Gasteiger partial charge in [-0.15, -0.1) is 0 Å². The van der Waals surface area contributed by atoms with Crippen LogP contribution in [0.2, 0.25) is 0 Å². The van der Waals surface area contributed by atoms with E-state index >= 15 is 0 Å². The molecule has 3 heterocycles. The minimum Gasteiger partial charge on any atom is -0.446 e. The number of nitrogens with one attached hydrogen (secondary N) is 3. The van der Waals surface area contributed by atoms with E-state index in [0.29, 0.717) is 22.6 Å². The van der Waals surface area contributed by atoms with E-state index in [4.69, 9.17) is 4.74 Å². The van der Waals surface area contributed by atoms with Gasteiger partial charge in [0.1, 0.15) is 18.3 Å². The summed E-state index contributed by atoms with van der Waals surface area (Å²) in [6, 6.07) is 9.29. The highest BCUT2D eigenvalue weighted by Crippen LogP contribution is 2.29. The predicted molar refractivity (Wildman–Crippen MR) is 154 cm³/mol. The van der Waals surface area contributed by atoms with Gasteiger partial charge in [0.15, 0.2) is 0 Å². The Morgan fingerprint density at radius 1 is 1.17 bits per heavy atom. The van der Waals surface area contributed by atoms with Gasteiger partial charge in [-0.3, -0.25) is 9.78 Å². The lowest BCUT2D eigenvalue weighted by Crippen LogP contribution is -2.43. The average molecular weight is 578 g/mol. The Morgan fingerprint density at radius 3 is 2.57 bits per heavy atom. The number of ether oxygens (including phenoxy) is 1. The summed E-state index contributed by atoms with van der Waals surface area (Å²) >= 11 is 0. The van der Waals surface area contributed by atoms with Crippen LogP contribution in [-0.4, -0.2) is 68.2 Å². The third-order valence-electron chi connectivity index (χ3n) is 7.98. The van der Waals surface area contributed by atoms with E-state index in [0.717, 1.165) is 50.5 Å². The number of anilines is 1. The van der Waals surface area contributed by atoms with E-state index in [1.165, 1.54) is 26.2 Å². The maximum atomic E-state index is 14.4. The Kier molecular flexibility index (Phi) is 8.59. The van der Waals surface area contributed by atoms with Gasteiger partial charge in [-0.2, -0.15) is 10.4 Å². The molecule has 0 saturated heterocycles. The summed E-state index contributed by atoms with van der Waals surface area (Å²) in [5.41, 5.74) is 1.57. The first kappa shape index (κ1) is 29.3. The monoisotopic (exact) mass is 577 g/mol. The summed E-state index contributed by atoms with van der Waals surface area (Å²) in [6.07, 6.45) is 6.89. The van der Waals surface area contributed by atoms with E-state index in [-0.39, 0.29) is 36.4 Å². The molecule has 3 aromatic heterocycles. The number of hydrogen-bond donors (Lipinski definition) is 4. The van der Waals surface area contributed by atoms with Gasteiger partial charge in [0.25, 0.3) is 5.91 Å². The van der Waals surface area contributed by atoms with Gasteiger partial charge in [-0.25, -0.2) is 13.7 Å². The second kappa shape index (κ2) is 12.3. The molecular weight excluding hydrogens is 541 g/mol. The van der Waals surface area contributed by atoms with E-state index < -0.39 is 17.7 Å². The van der Waals surface area contributed by atoms with E-state index in [9.17, 15) is 24.3 Å². The topological polar surface area (TPSA) is 154 Å². The summed E-state index contributed by atoms with van der Waals surface area (Å²) < 4.78 is 21.5. The predicted octanol–water partition coefficient (Wildman–Crippen LogP) is 4.11. The first-order valence-corrected chi connectivity index (χ1v) is 14.4. The number of carbonyl (C=O) groups is 2. The minimum absolute atomic E-state index is 0.0196. The van der Waals surface area contributed by atoms with Gasteiger partial charge in [-0.1, -0.05) is 0 Å². The van der Waals surface area contributed by atoms with Crippen LogP contribution in [0.3, 0.4) is 0 Å². The van der Waals surface area contributed by atoms with E-state index in [2.05, 4.69) is 32.1 Å². The summed E-state index contributed by atoms with van der Waals surface area (Å²) in [5, 5.41) is 32.5. The molecule has 42 heavy (non-hydrogen) atoms. The summed E-state index contributed by atoms with van der Waals surface area (Å²) in [7, 11) is 0. The maximum Gasteiger partial charge on any atom is 0.407 e. The highest BCUT2D eigenvalue weighted by molar-refractivity contribution is 6.00. The van der Waals surface area contributed by atoms with Gasteiger partial charge >= 0.3 is 6.09 Å². The molecule has 2 aliphatic rings. The number of nitrogens with zero attached hydrogens (tertiary/aromatic N) is 4. The normalized spacial score (nSPS) is 19.8. The SMILES string of the molecule is CC(C)(O)[C@H](F)CNC(=O)c1cnc(-c2ccc3cc(C#N)cnn23)cc1NC1CCC(NC(=O)OC2CCC2)CC1. The lowest BCUT2D eigenvalue weighted by molar-refractivity contribution is -0.00178. The van der Waals surface area contributed by atoms with Gasteiger partial charge < -0.3 is 25.8 Å². The Balaban J connectivity index is 1.32. The fourth-order valence-corrected chi connectivity index (χ4v) is 5.12. The third-order valence-corrected chi connectivity index (χ3v) is 7.98. The van der Waals surface area contributed by atoms with Crippen molar-refractivity contribution in [1.29, 1.82) is 5.26 Å². The van der Waals surface area contributed by atoms with Gasteiger partial charge in [-0.05, 0) is 83.1 Å². The number of hydrogen-bond acceptors (Lipinski definition) is 8. The highest BCUT2D eigenvalue weighted by atomic mass is 19.1. The number of rotatable bonds is 9. The summed E-state index contributed by atoms with van der Waals surface area (Å²) in [6.45, 7) is 2.34. The van der Waals surface area contributed by atoms with Gasteiger partial charge in [0.2, 0.25) is 0 Å². The fourth-order valence-electron chi connectivity index (χ4n) is 5.12. The number of aliphatic hydroxyl groups is 1. The molecule has 1 atom stereocenters. The first-order valence-electron chi connectivity index (χ1n) is 14.4. The molecule has 2 amide bonds. The molecule has 0 aliphatic heterocycles. The molecule has 0 bridgehead atoms. The lowest BCUT2D eigenvalue weighted by Gasteiger charge is -2.32. The Labute approximate surface area is 243 Å². The van der Waals surface area contributed by atoms with Crippen LogP contribution >= 0.6 is 0 Å². The first-order chi connectivity index (χ1) is 20.1. The molecular formula is C30H36FN7O4. The lowest BCUT2D eigenvalue weighted by atomic mass is 9.91. The number of pyridine rings is 1. The molecule has 11 nitrogen and oxygen atoms in total. The van der Waals surface area contributed by atoms with Crippen LogP contribution < -0.4 is 16.0 Å². The average Bonchev–Trinajstić information content (AvgIpc) is 3.37. The van der Waals surface area contributed by atoms with Crippen molar-refractivity contribution >= 4 is 23.2 Å². The number of carbonyl (C=O) groups excluding carboxylic acids is 2. The zero-order chi connectivity index (χ0) is 29.9. The van der Waals surface area contributed by atoms with Crippen molar-refractivity contribution in [3.05, 3.63) is 47.8 Å². The quantitative estimate of drug-likeness (QED) is 0.296. The molecule has 2 aliphatic carbocycles. The smallest absolute Gasteiger partial charge is 0.407 e. The van der Waals surface area contributed by atoms with Crippen LogP contribution in [0, 0.1) is 11.3 Å².